The Hall–Kier alpha value is -0.693. The van der Waals surface area contributed by atoms with E-state index >= 15 is 0 Å². The number of fused-ring (bicyclic) bond motifs is 1. The van der Waals surface area contributed by atoms with Gasteiger partial charge >= 0.3 is 0 Å². The highest BCUT2D eigenvalue weighted by Crippen LogP contribution is 2.43. The fourth-order valence-corrected chi connectivity index (χ4v) is 7.23. The van der Waals surface area contributed by atoms with Crippen molar-refractivity contribution in [3.63, 3.8) is 0 Å². The molecule has 4 rings (SSSR count). The molecule has 0 bridgehead atoms. The first kappa shape index (κ1) is 28.3. The van der Waals surface area contributed by atoms with Crippen molar-refractivity contribution < 1.29 is 14.0 Å². The van der Waals surface area contributed by atoms with Crippen LogP contribution in [0.3, 0.4) is 0 Å². The van der Waals surface area contributed by atoms with Gasteiger partial charge in [0.1, 0.15) is 22.8 Å². The number of anilines is 1. The lowest BCUT2D eigenvalue weighted by Gasteiger charge is -2.43. The maximum absolute atomic E-state index is 12.9. The molecular formula is C25H42BrN5O3SSi. The molecule has 36 heavy (non-hydrogen) atoms. The predicted molar refractivity (Wildman–Crippen MR) is 153 cm³/mol. The topological polar surface area (TPSA) is 87.5 Å². The van der Waals surface area contributed by atoms with E-state index in [0.717, 1.165) is 60.0 Å². The van der Waals surface area contributed by atoms with E-state index in [1.54, 1.807) is 0 Å². The van der Waals surface area contributed by atoms with Gasteiger partial charge in [-0.1, -0.05) is 19.6 Å². The molecule has 3 atom stereocenters. The molecule has 8 nitrogen and oxygen atoms in total. The van der Waals surface area contributed by atoms with E-state index in [1.807, 2.05) is 37.7 Å². The summed E-state index contributed by atoms with van der Waals surface area (Å²) in [5.74, 6) is 0.890. The summed E-state index contributed by atoms with van der Waals surface area (Å²) >= 11 is 2.51. The van der Waals surface area contributed by atoms with Crippen LogP contribution < -0.4 is 9.62 Å². The van der Waals surface area contributed by atoms with Crippen LogP contribution in [-0.4, -0.2) is 70.4 Å². The van der Waals surface area contributed by atoms with Gasteiger partial charge in [0, 0.05) is 50.7 Å². The standard InChI is InChI=1S/C25H42BrN5O3SSi/c1-18-22(29-35(32)24(2,3)4)25(16-34-18)8-10-30(11-9-25)20-14-27-21-19(26)15-31(23(21)28-20)17-33-12-13-36(5,6)7/h14-15,18,22,29H,8-13,16-17H2,1-7H3/t18-,22+,35?/m0/s1. The van der Waals surface area contributed by atoms with E-state index in [2.05, 4.69) is 52.1 Å². The van der Waals surface area contributed by atoms with Gasteiger partial charge in [0.2, 0.25) is 0 Å². The summed E-state index contributed by atoms with van der Waals surface area (Å²) in [5.41, 5.74) is 1.68. The fraction of sp³-hybridized carbons (Fsp3) is 0.760. The minimum absolute atomic E-state index is 0.0121. The number of piperidine rings is 1. The predicted octanol–water partition coefficient (Wildman–Crippen LogP) is 4.93. The summed E-state index contributed by atoms with van der Waals surface area (Å²) in [4.78, 5) is 12.1. The van der Waals surface area contributed by atoms with Crippen LogP contribution in [-0.2, 0) is 27.6 Å². The van der Waals surface area contributed by atoms with Gasteiger partial charge in [0.15, 0.2) is 5.65 Å². The molecule has 0 aromatic carbocycles. The van der Waals surface area contributed by atoms with Crippen molar-refractivity contribution in [3.8, 4) is 0 Å². The van der Waals surface area contributed by atoms with Crippen molar-refractivity contribution in [1.82, 2.24) is 19.3 Å². The van der Waals surface area contributed by atoms with Crippen LogP contribution in [0.4, 0.5) is 5.82 Å². The minimum atomic E-state index is -1.13. The first-order chi connectivity index (χ1) is 16.8. The molecule has 1 unspecified atom stereocenters. The van der Waals surface area contributed by atoms with Gasteiger partial charge in [-0.05, 0) is 62.5 Å². The lowest BCUT2D eigenvalue weighted by atomic mass is 9.73. The van der Waals surface area contributed by atoms with Gasteiger partial charge in [-0.3, -0.25) is 0 Å². The molecule has 1 N–H and O–H groups in total. The Balaban J connectivity index is 1.44. The zero-order valence-corrected chi connectivity index (χ0v) is 26.2. The Morgan fingerprint density at radius 1 is 1.31 bits per heavy atom. The third-order valence-corrected chi connectivity index (χ3v) is 11.2. The van der Waals surface area contributed by atoms with Gasteiger partial charge in [0.05, 0.1) is 29.4 Å². The Kier molecular flexibility index (Phi) is 8.51. The molecule has 2 aliphatic heterocycles. The van der Waals surface area contributed by atoms with E-state index in [1.165, 1.54) is 0 Å². The fourth-order valence-electron chi connectivity index (χ4n) is 4.92. The van der Waals surface area contributed by atoms with Gasteiger partial charge < -0.3 is 23.5 Å². The van der Waals surface area contributed by atoms with Crippen LogP contribution in [0.25, 0.3) is 11.2 Å². The number of rotatable bonds is 8. The second-order valence-electron chi connectivity index (χ2n) is 12.5. The van der Waals surface area contributed by atoms with Gasteiger partial charge in [-0.25, -0.2) is 9.97 Å². The van der Waals surface area contributed by atoms with Crippen molar-refractivity contribution in [2.24, 2.45) is 5.41 Å². The average molecular weight is 601 g/mol. The largest absolute Gasteiger partial charge is 0.598 e. The van der Waals surface area contributed by atoms with Crippen LogP contribution in [0.2, 0.25) is 25.7 Å². The summed E-state index contributed by atoms with van der Waals surface area (Å²) in [7, 11) is -1.13. The maximum Gasteiger partial charge on any atom is 0.164 e. The average Bonchev–Trinajstić information content (AvgIpc) is 3.27. The highest BCUT2D eigenvalue weighted by Gasteiger charge is 2.52. The lowest BCUT2D eigenvalue weighted by Crippen LogP contribution is -2.56. The SMILES string of the molecule is C[C@@H]1OCC2(CCN(c3cnc4c(Br)cn(COCC[Si](C)(C)C)c4n3)CC2)[C@@H]1N[S+]([O-])C(C)(C)C. The zero-order valence-electron chi connectivity index (χ0n) is 22.8. The van der Waals surface area contributed by atoms with E-state index < -0.39 is 19.4 Å². The van der Waals surface area contributed by atoms with Crippen LogP contribution in [0.15, 0.2) is 16.9 Å². The van der Waals surface area contributed by atoms with Crippen molar-refractivity contribution in [2.75, 3.05) is 31.2 Å². The van der Waals surface area contributed by atoms with E-state index in [0.29, 0.717) is 13.3 Å². The molecule has 2 aromatic rings. The normalized spacial score (nSPS) is 23.6. The monoisotopic (exact) mass is 599 g/mol. The molecule has 2 aliphatic rings. The van der Waals surface area contributed by atoms with Gasteiger partial charge in [-0.15, -0.1) is 4.72 Å². The molecule has 4 heterocycles. The molecule has 0 radical (unpaired) electrons. The van der Waals surface area contributed by atoms with E-state index in [4.69, 9.17) is 19.4 Å². The quantitative estimate of drug-likeness (QED) is 0.261. The van der Waals surface area contributed by atoms with E-state index in [-0.39, 0.29) is 22.3 Å². The molecule has 0 aliphatic carbocycles. The summed E-state index contributed by atoms with van der Waals surface area (Å²) in [6.45, 7) is 18.9. The lowest BCUT2D eigenvalue weighted by molar-refractivity contribution is 0.0898. The summed E-state index contributed by atoms with van der Waals surface area (Å²) < 4.78 is 31.1. The number of aromatic nitrogens is 3. The van der Waals surface area contributed by atoms with E-state index in [9.17, 15) is 4.55 Å². The number of ether oxygens (including phenoxy) is 2. The number of hydrogen-bond acceptors (Lipinski definition) is 7. The maximum atomic E-state index is 12.9. The smallest absolute Gasteiger partial charge is 0.164 e. The highest BCUT2D eigenvalue weighted by atomic mass is 79.9. The summed E-state index contributed by atoms with van der Waals surface area (Å²) in [6, 6.07) is 1.22. The number of nitrogens with zero attached hydrogens (tertiary/aromatic N) is 4. The second kappa shape index (κ2) is 10.8. The van der Waals surface area contributed by atoms with Gasteiger partial charge in [0.25, 0.3) is 0 Å². The van der Waals surface area contributed by atoms with Crippen LogP contribution in [0.5, 0.6) is 0 Å². The molecule has 0 amide bonds. The molecule has 2 saturated heterocycles. The van der Waals surface area contributed by atoms with Crippen molar-refractivity contribution in [1.29, 1.82) is 0 Å². The Bertz CT molecular complexity index is 1050. The van der Waals surface area contributed by atoms with Crippen molar-refractivity contribution in [3.05, 3.63) is 16.9 Å². The third-order valence-electron chi connectivity index (χ3n) is 7.37. The molecule has 2 fully saturated rings. The van der Waals surface area contributed by atoms with Crippen molar-refractivity contribution in [2.45, 2.75) is 89.8 Å². The highest BCUT2D eigenvalue weighted by molar-refractivity contribution is 9.10. The molecule has 2 aromatic heterocycles. The number of hydrogen-bond donors (Lipinski definition) is 1. The zero-order chi connectivity index (χ0) is 26.3. The summed E-state index contributed by atoms with van der Waals surface area (Å²) in [6.07, 6.45) is 5.85. The van der Waals surface area contributed by atoms with Crippen LogP contribution in [0, 0.1) is 5.41 Å². The molecule has 1 spiro atoms. The Morgan fingerprint density at radius 3 is 2.64 bits per heavy atom. The minimum Gasteiger partial charge on any atom is -0.598 e. The first-order valence-corrected chi connectivity index (χ1v) is 18.6. The Morgan fingerprint density at radius 2 is 2.00 bits per heavy atom. The Labute approximate surface area is 228 Å². The molecule has 0 saturated carbocycles. The molecule has 11 heteroatoms. The van der Waals surface area contributed by atoms with Crippen LogP contribution >= 0.6 is 15.9 Å². The summed E-state index contributed by atoms with van der Waals surface area (Å²) in [5, 5.41) is 0. The van der Waals surface area contributed by atoms with Gasteiger partial charge in [-0.2, -0.15) is 0 Å². The second-order valence-corrected chi connectivity index (χ2v) is 21.0. The number of nitrogens with one attached hydrogen (secondary N) is 1. The molecular weight excluding hydrogens is 558 g/mol. The first-order valence-electron chi connectivity index (χ1n) is 12.9. The van der Waals surface area contributed by atoms with Crippen molar-refractivity contribution >= 4 is 52.3 Å². The number of halogens is 1. The van der Waals surface area contributed by atoms with Crippen LogP contribution in [0.1, 0.15) is 40.5 Å². The third kappa shape index (κ3) is 6.30. The molecule has 202 valence electrons.